The first-order valence-corrected chi connectivity index (χ1v) is 6.24. The molecule has 8 heteroatoms. The van der Waals surface area contributed by atoms with Crippen molar-refractivity contribution in [3.63, 3.8) is 0 Å². The van der Waals surface area contributed by atoms with Crippen molar-refractivity contribution < 1.29 is 19.6 Å². The third kappa shape index (κ3) is 2.32. The number of nitrogens with zero attached hydrogens (tertiary/aromatic N) is 1. The molecule has 0 bridgehead atoms. The molecule has 1 aromatic carbocycles. The van der Waals surface area contributed by atoms with E-state index in [1.54, 1.807) is 0 Å². The molecule has 0 aromatic heterocycles. The van der Waals surface area contributed by atoms with E-state index in [0.717, 1.165) is 0 Å². The summed E-state index contributed by atoms with van der Waals surface area (Å²) >= 11 is 5.82. The molecule has 7 nitrogen and oxygen atoms in total. The molecule has 20 heavy (non-hydrogen) atoms. The number of rotatable bonds is 4. The standard InChI is InChI=1S/C12H11ClN2O5/c13-9-7(3-1-4-8(9)15(19)20)10(16)14-12(11(17)18)5-2-6-12/h1,3-4H,2,5-6H2,(H,14,16)(H,17,18). The third-order valence-corrected chi connectivity index (χ3v) is 3.79. The number of carbonyl (C=O) groups is 2. The number of carboxylic acid groups (broad SMARTS) is 1. The number of carbonyl (C=O) groups excluding carboxylic acids is 1. The van der Waals surface area contributed by atoms with Crippen LogP contribution in [0, 0.1) is 10.1 Å². The van der Waals surface area contributed by atoms with Crippen molar-refractivity contribution in [3.8, 4) is 0 Å². The number of amides is 1. The summed E-state index contributed by atoms with van der Waals surface area (Å²) in [5.74, 6) is -1.83. The Balaban J connectivity index is 2.28. The highest BCUT2D eigenvalue weighted by molar-refractivity contribution is 6.35. The first-order valence-electron chi connectivity index (χ1n) is 5.86. The number of nitro benzene ring substituents is 1. The molecule has 0 saturated heterocycles. The van der Waals surface area contributed by atoms with E-state index < -0.39 is 28.0 Å². The van der Waals surface area contributed by atoms with Crippen molar-refractivity contribution in [1.82, 2.24) is 5.32 Å². The molecule has 0 heterocycles. The lowest BCUT2D eigenvalue weighted by molar-refractivity contribution is -0.384. The number of hydrogen-bond donors (Lipinski definition) is 2. The van der Waals surface area contributed by atoms with Crippen molar-refractivity contribution in [2.45, 2.75) is 24.8 Å². The molecule has 0 radical (unpaired) electrons. The van der Waals surface area contributed by atoms with Gasteiger partial charge in [-0.15, -0.1) is 0 Å². The van der Waals surface area contributed by atoms with E-state index in [-0.39, 0.29) is 10.6 Å². The minimum absolute atomic E-state index is 0.103. The quantitative estimate of drug-likeness (QED) is 0.652. The lowest BCUT2D eigenvalue weighted by Gasteiger charge is -2.38. The molecule has 2 rings (SSSR count). The molecule has 1 amide bonds. The predicted octanol–water partition coefficient (Wildman–Crippen LogP) is 1.99. The van der Waals surface area contributed by atoms with Gasteiger partial charge in [0.2, 0.25) is 0 Å². The normalized spacial score (nSPS) is 16.1. The Kier molecular flexibility index (Phi) is 3.63. The maximum atomic E-state index is 12.1. The zero-order chi connectivity index (χ0) is 14.9. The average molecular weight is 299 g/mol. The van der Waals surface area contributed by atoms with Gasteiger partial charge in [0.15, 0.2) is 0 Å². The summed E-state index contributed by atoms with van der Waals surface area (Å²) in [5, 5.41) is 22.0. The van der Waals surface area contributed by atoms with Crippen LogP contribution in [0.15, 0.2) is 18.2 Å². The maximum absolute atomic E-state index is 12.1. The first kappa shape index (κ1) is 14.3. The molecule has 1 aliphatic carbocycles. The van der Waals surface area contributed by atoms with Crippen LogP contribution in [0.4, 0.5) is 5.69 Å². The van der Waals surface area contributed by atoms with E-state index >= 15 is 0 Å². The van der Waals surface area contributed by atoms with E-state index in [1.807, 2.05) is 0 Å². The van der Waals surface area contributed by atoms with Gasteiger partial charge < -0.3 is 10.4 Å². The zero-order valence-electron chi connectivity index (χ0n) is 10.3. The molecule has 0 atom stereocenters. The molecule has 0 aliphatic heterocycles. The molecule has 1 aliphatic rings. The molecule has 106 valence electrons. The van der Waals surface area contributed by atoms with E-state index in [2.05, 4.69) is 5.32 Å². The first-order chi connectivity index (χ1) is 9.37. The summed E-state index contributed by atoms with van der Waals surface area (Å²) in [5.41, 5.74) is -1.78. The fourth-order valence-electron chi connectivity index (χ4n) is 2.04. The van der Waals surface area contributed by atoms with E-state index in [9.17, 15) is 19.7 Å². The van der Waals surface area contributed by atoms with Crippen LogP contribution in [0.25, 0.3) is 0 Å². The number of nitro groups is 1. The molecule has 0 unspecified atom stereocenters. The Labute approximate surface area is 118 Å². The number of hydrogen-bond acceptors (Lipinski definition) is 4. The Bertz CT molecular complexity index is 598. The molecular formula is C12H11ClN2O5. The van der Waals surface area contributed by atoms with Gasteiger partial charge in [-0.1, -0.05) is 17.7 Å². The lowest BCUT2D eigenvalue weighted by Crippen LogP contribution is -2.59. The molecule has 1 fully saturated rings. The average Bonchev–Trinajstić information content (AvgIpc) is 2.32. The number of halogens is 1. The van der Waals surface area contributed by atoms with Crippen LogP contribution in [0.1, 0.15) is 29.6 Å². The highest BCUT2D eigenvalue weighted by Crippen LogP contribution is 2.33. The second-order valence-electron chi connectivity index (χ2n) is 4.59. The summed E-state index contributed by atoms with van der Waals surface area (Å²) in [7, 11) is 0. The SMILES string of the molecule is O=C(NC1(C(=O)O)CCC1)c1cccc([N+](=O)[O-])c1Cl. The van der Waals surface area contributed by atoms with Crippen molar-refractivity contribution in [2.24, 2.45) is 0 Å². The fraction of sp³-hybridized carbons (Fsp3) is 0.333. The maximum Gasteiger partial charge on any atom is 0.329 e. The monoisotopic (exact) mass is 298 g/mol. The van der Waals surface area contributed by atoms with Crippen LogP contribution in [0.5, 0.6) is 0 Å². The zero-order valence-corrected chi connectivity index (χ0v) is 11.0. The Morgan fingerprint density at radius 2 is 2.05 bits per heavy atom. The Hall–Kier alpha value is -2.15. The molecule has 0 spiro atoms. The van der Waals surface area contributed by atoms with Gasteiger partial charge in [0, 0.05) is 6.07 Å². The molecule has 1 aromatic rings. The Morgan fingerprint density at radius 1 is 1.40 bits per heavy atom. The van der Waals surface area contributed by atoms with Crippen LogP contribution < -0.4 is 5.32 Å². The van der Waals surface area contributed by atoms with E-state index in [0.29, 0.717) is 19.3 Å². The van der Waals surface area contributed by atoms with Crippen LogP contribution in [-0.2, 0) is 4.79 Å². The van der Waals surface area contributed by atoms with E-state index in [1.165, 1.54) is 18.2 Å². The number of carboxylic acids is 1. The van der Waals surface area contributed by atoms with Gasteiger partial charge in [-0.25, -0.2) is 4.79 Å². The summed E-state index contributed by atoms with van der Waals surface area (Å²) < 4.78 is 0. The fourth-order valence-corrected chi connectivity index (χ4v) is 2.32. The smallest absolute Gasteiger partial charge is 0.329 e. The van der Waals surface area contributed by atoms with Gasteiger partial charge in [-0.2, -0.15) is 0 Å². The van der Waals surface area contributed by atoms with Gasteiger partial charge >= 0.3 is 5.97 Å². The number of benzene rings is 1. The minimum Gasteiger partial charge on any atom is -0.480 e. The summed E-state index contributed by atoms with van der Waals surface area (Å²) in [6.07, 6.45) is 1.37. The number of nitrogens with one attached hydrogen (secondary N) is 1. The van der Waals surface area contributed by atoms with Crippen molar-refractivity contribution in [2.75, 3.05) is 0 Å². The second kappa shape index (κ2) is 5.09. The van der Waals surface area contributed by atoms with Gasteiger partial charge in [0.1, 0.15) is 10.6 Å². The van der Waals surface area contributed by atoms with Gasteiger partial charge in [-0.05, 0) is 25.3 Å². The summed E-state index contributed by atoms with van der Waals surface area (Å²) in [4.78, 5) is 33.3. The van der Waals surface area contributed by atoms with Crippen LogP contribution in [0.3, 0.4) is 0 Å². The van der Waals surface area contributed by atoms with Crippen LogP contribution in [0.2, 0.25) is 5.02 Å². The van der Waals surface area contributed by atoms with Crippen molar-refractivity contribution >= 4 is 29.2 Å². The molecular weight excluding hydrogens is 288 g/mol. The van der Waals surface area contributed by atoms with Gasteiger partial charge in [0.05, 0.1) is 10.5 Å². The van der Waals surface area contributed by atoms with Crippen LogP contribution in [-0.4, -0.2) is 27.4 Å². The molecule has 1 saturated carbocycles. The third-order valence-electron chi connectivity index (χ3n) is 3.39. The highest BCUT2D eigenvalue weighted by atomic mass is 35.5. The summed E-state index contributed by atoms with van der Waals surface area (Å²) in [6.45, 7) is 0. The summed E-state index contributed by atoms with van der Waals surface area (Å²) in [6, 6.07) is 3.82. The number of aliphatic carboxylic acids is 1. The lowest BCUT2D eigenvalue weighted by atomic mass is 9.76. The highest BCUT2D eigenvalue weighted by Gasteiger charge is 2.46. The predicted molar refractivity (Wildman–Crippen MR) is 69.8 cm³/mol. The van der Waals surface area contributed by atoms with Crippen LogP contribution >= 0.6 is 11.6 Å². The minimum atomic E-state index is -1.29. The van der Waals surface area contributed by atoms with Crippen molar-refractivity contribution in [3.05, 3.63) is 38.9 Å². The Morgan fingerprint density at radius 3 is 2.50 bits per heavy atom. The van der Waals surface area contributed by atoms with Gasteiger partial charge in [-0.3, -0.25) is 14.9 Å². The van der Waals surface area contributed by atoms with Crippen molar-refractivity contribution in [1.29, 1.82) is 0 Å². The van der Waals surface area contributed by atoms with Gasteiger partial charge in [0.25, 0.3) is 11.6 Å². The second-order valence-corrected chi connectivity index (χ2v) is 4.97. The largest absolute Gasteiger partial charge is 0.480 e. The topological polar surface area (TPSA) is 110 Å². The van der Waals surface area contributed by atoms with E-state index in [4.69, 9.17) is 16.7 Å². The molecule has 2 N–H and O–H groups in total.